The molecule has 2 aromatic heterocycles. The van der Waals surface area contributed by atoms with E-state index in [4.69, 9.17) is 15.6 Å². The molecule has 0 amide bonds. The van der Waals surface area contributed by atoms with Gasteiger partial charge >= 0.3 is 15.6 Å². The highest BCUT2D eigenvalue weighted by Gasteiger charge is 2.47. The van der Waals surface area contributed by atoms with E-state index in [1.165, 1.54) is 10.9 Å². The molecule has 18 nitrogen and oxygen atoms in total. The lowest BCUT2D eigenvalue weighted by molar-refractivity contribution is -0.120. The third kappa shape index (κ3) is 5.58. The fourth-order valence-corrected chi connectivity index (χ4v) is 5.60. The third-order valence-electron chi connectivity index (χ3n) is 5.30. The molecule has 4 rings (SSSR count). The molecule has 21 heteroatoms. The van der Waals surface area contributed by atoms with Gasteiger partial charge in [-0.25, -0.2) is 28.5 Å². The first-order valence-electron chi connectivity index (χ1n) is 10.1. The lowest BCUT2D eigenvalue weighted by atomic mass is 10.1. The maximum Gasteiger partial charge on any atom is 0.481 e. The summed E-state index contributed by atoms with van der Waals surface area (Å²) in [5, 5.41) is 39.3. The maximum absolute atomic E-state index is 13.4. The highest BCUT2D eigenvalue weighted by atomic mass is 31.3. The first-order valence-corrected chi connectivity index (χ1v) is 13.0. The number of nitrogen functional groups attached to an aromatic ring is 1. The number of halogens is 1. The second kappa shape index (κ2) is 10.2. The molecule has 0 spiro atoms. The molecule has 4 heterocycles. The maximum atomic E-state index is 13.4. The quantitative estimate of drug-likeness (QED) is 0.158. The van der Waals surface area contributed by atoms with E-state index in [0.29, 0.717) is 0 Å². The molecule has 2 unspecified atom stereocenters. The van der Waals surface area contributed by atoms with Crippen molar-refractivity contribution in [2.24, 2.45) is 0 Å². The molecule has 0 radical (unpaired) electrons. The Hall–Kier alpha value is -1.70. The van der Waals surface area contributed by atoms with Crippen LogP contribution >= 0.6 is 15.6 Å². The number of fused-ring (bicyclic) bond motifs is 1. The molecule has 0 bridgehead atoms. The number of phosphoric acid groups is 2. The van der Waals surface area contributed by atoms with Gasteiger partial charge in [-0.15, -0.1) is 0 Å². The van der Waals surface area contributed by atoms with Crippen molar-refractivity contribution in [1.82, 2.24) is 19.5 Å². The molecule has 36 heavy (non-hydrogen) atoms. The number of aliphatic hydroxyl groups excluding tert-OH is 4. The van der Waals surface area contributed by atoms with Crippen LogP contribution < -0.4 is 5.73 Å². The zero-order valence-corrected chi connectivity index (χ0v) is 19.7. The number of phosphoric ester groups is 2. The van der Waals surface area contributed by atoms with Crippen LogP contribution in [0.2, 0.25) is 0 Å². The van der Waals surface area contributed by atoms with Crippen molar-refractivity contribution in [2.75, 3.05) is 18.9 Å². The van der Waals surface area contributed by atoms with Crippen LogP contribution in [0.5, 0.6) is 0 Å². The van der Waals surface area contributed by atoms with Crippen molar-refractivity contribution in [3.8, 4) is 0 Å². The summed E-state index contributed by atoms with van der Waals surface area (Å²) >= 11 is 0. The predicted octanol–water partition coefficient (Wildman–Crippen LogP) is -2.31. The molecule has 0 aromatic carbocycles. The van der Waals surface area contributed by atoms with Gasteiger partial charge < -0.3 is 45.4 Å². The van der Waals surface area contributed by atoms with Gasteiger partial charge in [0.2, 0.25) is 0 Å². The Labute approximate surface area is 200 Å². The zero-order chi connectivity index (χ0) is 26.4. The lowest BCUT2D eigenvalue weighted by Gasteiger charge is -2.20. The van der Waals surface area contributed by atoms with Gasteiger partial charge in [-0.3, -0.25) is 13.6 Å². The molecule has 8 N–H and O–H groups in total. The van der Waals surface area contributed by atoms with Crippen molar-refractivity contribution in [3.63, 3.8) is 0 Å². The van der Waals surface area contributed by atoms with Crippen LogP contribution in [0.1, 0.15) is 6.23 Å². The Morgan fingerprint density at radius 1 is 0.972 bits per heavy atom. The number of nitrogens with two attached hydrogens (primary N) is 1. The fraction of sp³-hybridized carbons (Fsp3) is 0.667. The molecule has 202 valence electrons. The van der Waals surface area contributed by atoms with E-state index < -0.39 is 78.1 Å². The molecule has 2 saturated heterocycles. The standard InChI is InChI=1S/C15H22FN5O13P2/c16-7-9(22)5(33-15(7)25)1-30-35(26,27)34-36(28,29)31-2-6-10(23)11(24)14(32-6)21-4-20-8-12(17)18-3-19-13(8)21/h3-7,9-11,14-15,22-25H,1-2H2,(H,26,27)(H,28,29)(H2,17,18,19)/t5-,6-,7-,9-,10-,11-,14-,15+/m1/s1. The average molecular weight is 561 g/mol. The van der Waals surface area contributed by atoms with Crippen molar-refractivity contribution in [2.45, 2.75) is 49.2 Å². The van der Waals surface area contributed by atoms with Gasteiger partial charge in [-0.05, 0) is 0 Å². The molecule has 2 aromatic rings. The number of aromatic nitrogens is 4. The molecule has 2 aliphatic rings. The van der Waals surface area contributed by atoms with Crippen LogP contribution in [-0.2, 0) is 32.0 Å². The van der Waals surface area contributed by atoms with Gasteiger partial charge in [0, 0.05) is 0 Å². The lowest BCUT2D eigenvalue weighted by Crippen LogP contribution is -2.33. The van der Waals surface area contributed by atoms with Crippen LogP contribution in [0.25, 0.3) is 11.2 Å². The molecule has 2 fully saturated rings. The summed E-state index contributed by atoms with van der Waals surface area (Å²) in [4.78, 5) is 31.2. The number of anilines is 1. The minimum Gasteiger partial charge on any atom is -0.387 e. The number of alkyl halides is 1. The smallest absolute Gasteiger partial charge is 0.387 e. The Balaban J connectivity index is 1.34. The second-order valence-electron chi connectivity index (χ2n) is 7.74. The summed E-state index contributed by atoms with van der Waals surface area (Å²) in [6.07, 6.45) is -11.2. The summed E-state index contributed by atoms with van der Waals surface area (Å²) < 4.78 is 61.9. The Bertz CT molecular complexity index is 1190. The number of imidazole rings is 1. The van der Waals surface area contributed by atoms with Crippen LogP contribution in [0.4, 0.5) is 10.2 Å². The van der Waals surface area contributed by atoms with Gasteiger partial charge in [0.05, 0.1) is 19.5 Å². The Kier molecular flexibility index (Phi) is 7.76. The molecular weight excluding hydrogens is 539 g/mol. The number of aliphatic hydroxyl groups is 4. The van der Waals surface area contributed by atoms with E-state index in [1.807, 2.05) is 0 Å². The van der Waals surface area contributed by atoms with Gasteiger partial charge in [-0.1, -0.05) is 0 Å². The normalized spacial score (nSPS) is 36.2. The first kappa shape index (κ1) is 27.3. The van der Waals surface area contributed by atoms with Crippen molar-refractivity contribution < 1.29 is 66.6 Å². The highest BCUT2D eigenvalue weighted by Crippen LogP contribution is 2.60. The minimum absolute atomic E-state index is 0.0513. The van der Waals surface area contributed by atoms with E-state index in [9.17, 15) is 38.6 Å². The van der Waals surface area contributed by atoms with Crippen LogP contribution in [-0.4, -0.2) is 106 Å². The van der Waals surface area contributed by atoms with E-state index in [1.54, 1.807) is 0 Å². The SMILES string of the molecule is Nc1ncnc2c1ncn2[C@@H]1O[C@H](COP(=O)(O)OP(=O)(O)OC[C@H]2O[C@H](O)[C@H](F)[C@@H]2O)[C@@H](O)[C@H]1O. The topological polar surface area (TPSA) is 271 Å². The van der Waals surface area contributed by atoms with E-state index in [0.717, 1.165) is 6.33 Å². The van der Waals surface area contributed by atoms with Crippen molar-refractivity contribution in [1.29, 1.82) is 0 Å². The number of rotatable bonds is 9. The number of hydrogen-bond acceptors (Lipinski definition) is 15. The van der Waals surface area contributed by atoms with Crippen LogP contribution in [0.3, 0.4) is 0 Å². The molecular formula is C15H22FN5O13P2. The number of hydrogen-bond donors (Lipinski definition) is 7. The fourth-order valence-electron chi connectivity index (χ4n) is 3.51. The van der Waals surface area contributed by atoms with Crippen LogP contribution in [0.15, 0.2) is 12.7 Å². The first-order chi connectivity index (χ1) is 16.8. The molecule has 0 saturated carbocycles. The van der Waals surface area contributed by atoms with E-state index in [-0.39, 0.29) is 17.0 Å². The number of nitrogens with zero attached hydrogens (tertiary/aromatic N) is 4. The Morgan fingerprint density at radius 2 is 1.58 bits per heavy atom. The predicted molar refractivity (Wildman–Crippen MR) is 110 cm³/mol. The summed E-state index contributed by atoms with van der Waals surface area (Å²) in [5.41, 5.74) is 6.07. The van der Waals surface area contributed by atoms with Gasteiger partial charge in [-0.2, -0.15) is 4.31 Å². The van der Waals surface area contributed by atoms with Gasteiger partial charge in [0.25, 0.3) is 0 Å². The van der Waals surface area contributed by atoms with E-state index in [2.05, 4.69) is 33.0 Å². The summed E-state index contributed by atoms with van der Waals surface area (Å²) in [5.74, 6) is 0.0513. The van der Waals surface area contributed by atoms with Crippen molar-refractivity contribution >= 4 is 32.6 Å². The Morgan fingerprint density at radius 3 is 2.17 bits per heavy atom. The van der Waals surface area contributed by atoms with Gasteiger partial charge in [0.15, 0.2) is 30.2 Å². The molecule has 2 aliphatic heterocycles. The zero-order valence-electron chi connectivity index (χ0n) is 17.9. The molecule has 10 atom stereocenters. The van der Waals surface area contributed by atoms with Crippen molar-refractivity contribution in [3.05, 3.63) is 12.7 Å². The third-order valence-corrected chi connectivity index (χ3v) is 7.90. The summed E-state index contributed by atoms with van der Waals surface area (Å²) in [6.45, 7) is -1.88. The van der Waals surface area contributed by atoms with Gasteiger partial charge in [0.1, 0.15) is 42.4 Å². The van der Waals surface area contributed by atoms with Crippen LogP contribution in [0, 0.1) is 0 Å². The minimum atomic E-state index is -5.33. The number of ether oxygens (including phenoxy) is 2. The average Bonchev–Trinajstić information content (AvgIpc) is 3.42. The monoisotopic (exact) mass is 561 g/mol. The second-order valence-corrected chi connectivity index (χ2v) is 10.8. The van der Waals surface area contributed by atoms with E-state index >= 15 is 0 Å². The highest BCUT2D eigenvalue weighted by molar-refractivity contribution is 7.61. The largest absolute Gasteiger partial charge is 0.481 e. The summed E-state index contributed by atoms with van der Waals surface area (Å²) in [7, 11) is -10.7. The summed E-state index contributed by atoms with van der Waals surface area (Å²) in [6, 6.07) is 0. The molecule has 0 aliphatic carbocycles.